The maximum absolute atomic E-state index is 9.09. The molecule has 0 fully saturated rings. The average Bonchev–Trinajstić information content (AvgIpc) is 2.70. The Hall–Kier alpha value is -1.28. The van der Waals surface area contributed by atoms with Crippen LogP contribution in [0.1, 0.15) is 31.0 Å². The lowest BCUT2D eigenvalue weighted by Crippen LogP contribution is -1.98. The van der Waals surface area contributed by atoms with Crippen LogP contribution in [0.25, 0.3) is 10.9 Å². The first kappa shape index (κ1) is 10.2. The number of H-pyrrole nitrogens is 1. The first-order chi connectivity index (χ1) is 7.24. The molecule has 2 nitrogen and oxygen atoms in total. The molecule has 0 saturated carbocycles. The monoisotopic (exact) mass is 203 g/mol. The molecule has 0 bridgehead atoms. The Balaban J connectivity index is 2.46. The van der Waals surface area contributed by atoms with Gasteiger partial charge in [-0.25, -0.2) is 0 Å². The van der Waals surface area contributed by atoms with E-state index in [0.29, 0.717) is 0 Å². The summed E-state index contributed by atoms with van der Waals surface area (Å²) in [6.07, 6.45) is 1.06. The Labute approximate surface area is 89.9 Å². The third-order valence-corrected chi connectivity index (χ3v) is 2.92. The SMILES string of the molecule is CCc1ccc2[nH]c(C(C)CO)cc2c1. The summed E-state index contributed by atoms with van der Waals surface area (Å²) in [5.41, 5.74) is 3.62. The molecule has 80 valence electrons. The van der Waals surface area contributed by atoms with E-state index < -0.39 is 0 Å². The zero-order valence-corrected chi connectivity index (χ0v) is 9.25. The summed E-state index contributed by atoms with van der Waals surface area (Å²) in [5.74, 6) is 0.183. The number of rotatable bonds is 3. The standard InChI is InChI=1S/C13H17NO/c1-3-10-4-5-12-11(6-10)7-13(14-12)9(2)8-15/h4-7,9,14-15H,3,8H2,1-2H3. The van der Waals surface area contributed by atoms with Crippen molar-refractivity contribution in [2.45, 2.75) is 26.2 Å². The molecule has 0 aliphatic carbocycles. The summed E-state index contributed by atoms with van der Waals surface area (Å²) in [6.45, 7) is 4.37. The Morgan fingerprint density at radius 3 is 2.80 bits per heavy atom. The highest BCUT2D eigenvalue weighted by Crippen LogP contribution is 2.22. The smallest absolute Gasteiger partial charge is 0.0511 e. The van der Waals surface area contributed by atoms with E-state index in [4.69, 9.17) is 5.11 Å². The third kappa shape index (κ3) is 1.90. The predicted octanol–water partition coefficient (Wildman–Crippen LogP) is 2.83. The molecule has 0 amide bonds. The summed E-state index contributed by atoms with van der Waals surface area (Å²) < 4.78 is 0. The largest absolute Gasteiger partial charge is 0.396 e. The van der Waals surface area contributed by atoms with Crippen LogP contribution >= 0.6 is 0 Å². The van der Waals surface area contributed by atoms with E-state index in [-0.39, 0.29) is 12.5 Å². The van der Waals surface area contributed by atoms with E-state index >= 15 is 0 Å². The molecule has 1 atom stereocenters. The van der Waals surface area contributed by atoms with Gasteiger partial charge in [0, 0.05) is 17.1 Å². The van der Waals surface area contributed by atoms with Crippen molar-refractivity contribution in [3.05, 3.63) is 35.5 Å². The minimum atomic E-state index is 0.183. The number of hydrogen-bond donors (Lipinski definition) is 2. The molecular formula is C13H17NO. The molecule has 1 aromatic carbocycles. The zero-order valence-electron chi connectivity index (χ0n) is 9.25. The summed E-state index contributed by atoms with van der Waals surface area (Å²) in [5, 5.41) is 10.3. The van der Waals surface area contributed by atoms with Crippen molar-refractivity contribution < 1.29 is 5.11 Å². The van der Waals surface area contributed by atoms with Crippen molar-refractivity contribution in [1.29, 1.82) is 0 Å². The highest BCUT2D eigenvalue weighted by atomic mass is 16.3. The molecule has 1 unspecified atom stereocenters. The van der Waals surface area contributed by atoms with Gasteiger partial charge in [-0.1, -0.05) is 19.9 Å². The van der Waals surface area contributed by atoms with Gasteiger partial charge in [-0.3, -0.25) is 0 Å². The molecule has 0 aliphatic heterocycles. The second-order valence-corrected chi connectivity index (χ2v) is 4.08. The van der Waals surface area contributed by atoms with Crippen molar-refractivity contribution >= 4 is 10.9 Å². The van der Waals surface area contributed by atoms with E-state index in [2.05, 4.69) is 36.2 Å². The van der Waals surface area contributed by atoms with Crippen LogP contribution in [0.4, 0.5) is 0 Å². The van der Waals surface area contributed by atoms with Crippen LogP contribution in [0.3, 0.4) is 0 Å². The number of aliphatic hydroxyl groups excluding tert-OH is 1. The number of aromatic amines is 1. The van der Waals surface area contributed by atoms with Gasteiger partial charge in [-0.15, -0.1) is 0 Å². The van der Waals surface area contributed by atoms with Gasteiger partial charge >= 0.3 is 0 Å². The Kier molecular flexibility index (Phi) is 2.78. The molecule has 2 rings (SSSR count). The molecule has 2 N–H and O–H groups in total. The van der Waals surface area contributed by atoms with Crippen LogP contribution in [-0.2, 0) is 6.42 Å². The topological polar surface area (TPSA) is 36.0 Å². The minimum absolute atomic E-state index is 0.183. The summed E-state index contributed by atoms with van der Waals surface area (Å²) in [4.78, 5) is 3.34. The van der Waals surface area contributed by atoms with Crippen LogP contribution in [0.15, 0.2) is 24.3 Å². The number of nitrogens with one attached hydrogen (secondary N) is 1. The van der Waals surface area contributed by atoms with Crippen LogP contribution in [0.2, 0.25) is 0 Å². The fourth-order valence-electron chi connectivity index (χ4n) is 1.79. The third-order valence-electron chi connectivity index (χ3n) is 2.92. The van der Waals surface area contributed by atoms with Gasteiger partial charge in [-0.05, 0) is 35.6 Å². The van der Waals surface area contributed by atoms with Crippen molar-refractivity contribution in [1.82, 2.24) is 4.98 Å². The highest BCUT2D eigenvalue weighted by Gasteiger charge is 2.07. The molecule has 0 spiro atoms. The highest BCUT2D eigenvalue weighted by molar-refractivity contribution is 5.81. The van der Waals surface area contributed by atoms with Crippen LogP contribution in [-0.4, -0.2) is 16.7 Å². The molecule has 0 aliphatic rings. The quantitative estimate of drug-likeness (QED) is 0.790. The van der Waals surface area contributed by atoms with E-state index in [1.165, 1.54) is 10.9 Å². The lowest BCUT2D eigenvalue weighted by atomic mass is 10.1. The van der Waals surface area contributed by atoms with Gasteiger partial charge in [0.2, 0.25) is 0 Å². The fourth-order valence-corrected chi connectivity index (χ4v) is 1.79. The second kappa shape index (κ2) is 4.07. The van der Waals surface area contributed by atoms with Gasteiger partial charge in [0.15, 0.2) is 0 Å². The van der Waals surface area contributed by atoms with Crippen LogP contribution in [0, 0.1) is 0 Å². The van der Waals surface area contributed by atoms with Crippen molar-refractivity contribution in [2.24, 2.45) is 0 Å². The molecule has 0 radical (unpaired) electrons. The molecule has 1 aromatic heterocycles. The fraction of sp³-hybridized carbons (Fsp3) is 0.385. The zero-order chi connectivity index (χ0) is 10.8. The van der Waals surface area contributed by atoms with Gasteiger partial charge in [0.05, 0.1) is 6.61 Å². The molecule has 15 heavy (non-hydrogen) atoms. The summed E-state index contributed by atoms with van der Waals surface area (Å²) in [7, 11) is 0. The van der Waals surface area contributed by atoms with Crippen molar-refractivity contribution in [3.63, 3.8) is 0 Å². The Morgan fingerprint density at radius 1 is 1.33 bits per heavy atom. The number of aromatic nitrogens is 1. The lowest BCUT2D eigenvalue weighted by molar-refractivity contribution is 0.271. The van der Waals surface area contributed by atoms with Crippen molar-refractivity contribution in [3.8, 4) is 0 Å². The summed E-state index contributed by atoms with van der Waals surface area (Å²) in [6, 6.07) is 8.60. The van der Waals surface area contributed by atoms with E-state index in [0.717, 1.165) is 17.6 Å². The van der Waals surface area contributed by atoms with Crippen LogP contribution < -0.4 is 0 Å². The normalized spacial score (nSPS) is 13.3. The van der Waals surface area contributed by atoms with Gasteiger partial charge < -0.3 is 10.1 Å². The van der Waals surface area contributed by atoms with Crippen LogP contribution in [0.5, 0.6) is 0 Å². The number of aliphatic hydroxyl groups is 1. The Bertz CT molecular complexity index is 459. The van der Waals surface area contributed by atoms with E-state index in [9.17, 15) is 0 Å². The molecule has 2 aromatic rings. The van der Waals surface area contributed by atoms with E-state index in [1.54, 1.807) is 0 Å². The van der Waals surface area contributed by atoms with Gasteiger partial charge in [-0.2, -0.15) is 0 Å². The molecule has 1 heterocycles. The second-order valence-electron chi connectivity index (χ2n) is 4.08. The number of fused-ring (bicyclic) bond motifs is 1. The number of benzene rings is 1. The maximum Gasteiger partial charge on any atom is 0.0511 e. The van der Waals surface area contributed by atoms with Gasteiger partial charge in [0.25, 0.3) is 0 Å². The molecule has 0 saturated heterocycles. The van der Waals surface area contributed by atoms with E-state index in [1.807, 2.05) is 6.92 Å². The van der Waals surface area contributed by atoms with Gasteiger partial charge in [0.1, 0.15) is 0 Å². The lowest BCUT2D eigenvalue weighted by Gasteiger charge is -2.02. The number of aryl methyl sites for hydroxylation is 1. The summed E-state index contributed by atoms with van der Waals surface area (Å²) >= 11 is 0. The molecular weight excluding hydrogens is 186 g/mol. The minimum Gasteiger partial charge on any atom is -0.396 e. The first-order valence-electron chi connectivity index (χ1n) is 5.47. The predicted molar refractivity (Wildman–Crippen MR) is 63.2 cm³/mol. The molecule has 2 heteroatoms. The first-order valence-corrected chi connectivity index (χ1v) is 5.47. The van der Waals surface area contributed by atoms with Crippen molar-refractivity contribution in [2.75, 3.05) is 6.61 Å². The maximum atomic E-state index is 9.09. The Morgan fingerprint density at radius 2 is 2.13 bits per heavy atom. The number of hydrogen-bond acceptors (Lipinski definition) is 1. The average molecular weight is 203 g/mol.